The molecule has 0 aliphatic rings. The van der Waals surface area contributed by atoms with Crippen LogP contribution in [0.1, 0.15) is 31.3 Å². The molecular weight excluding hydrogens is 312 g/mol. The van der Waals surface area contributed by atoms with Crippen molar-refractivity contribution in [3.05, 3.63) is 53.6 Å². The molecule has 0 fully saturated rings. The summed E-state index contributed by atoms with van der Waals surface area (Å²) in [5.41, 5.74) is 1.12. The lowest BCUT2D eigenvalue weighted by atomic mass is 10.2. The highest BCUT2D eigenvalue weighted by atomic mass is 35.5. The second kappa shape index (κ2) is 8.70. The maximum absolute atomic E-state index is 6.21. The molecule has 0 unspecified atom stereocenters. The Morgan fingerprint density at radius 1 is 1.43 bits per heavy atom. The molecule has 1 N–H and O–H groups in total. The molecule has 124 valence electrons. The molecule has 1 heterocycles. The molecule has 0 bridgehead atoms. The van der Waals surface area contributed by atoms with Crippen molar-refractivity contribution in [2.45, 2.75) is 32.9 Å². The lowest BCUT2D eigenvalue weighted by Gasteiger charge is -2.11. The van der Waals surface area contributed by atoms with E-state index >= 15 is 0 Å². The molecule has 0 aliphatic carbocycles. The van der Waals surface area contributed by atoms with Crippen molar-refractivity contribution in [2.75, 3.05) is 13.2 Å². The average molecular weight is 335 g/mol. The van der Waals surface area contributed by atoms with Gasteiger partial charge in [-0.15, -0.1) is 10.2 Å². The van der Waals surface area contributed by atoms with Gasteiger partial charge in [-0.25, -0.2) is 0 Å². The normalized spacial score (nSPS) is 11.0. The Labute approximate surface area is 142 Å². The van der Waals surface area contributed by atoms with Gasteiger partial charge in [-0.05, 0) is 31.5 Å². The first-order valence-corrected chi connectivity index (χ1v) is 8.11. The van der Waals surface area contributed by atoms with Crippen molar-refractivity contribution >= 4 is 11.6 Å². The number of aromatic nitrogens is 3. The zero-order valence-electron chi connectivity index (χ0n) is 13.6. The van der Waals surface area contributed by atoms with Gasteiger partial charge in [-0.2, -0.15) is 0 Å². The lowest BCUT2D eigenvalue weighted by molar-refractivity contribution is 0.363. The SMILES string of the molecule is C=CCOc1ccc(CNCCc2nncn2C(C)C)cc1Cl. The van der Waals surface area contributed by atoms with Gasteiger partial charge in [0, 0.05) is 25.6 Å². The number of rotatable bonds is 9. The quantitative estimate of drug-likeness (QED) is 0.564. The molecule has 23 heavy (non-hydrogen) atoms. The van der Waals surface area contributed by atoms with Crippen molar-refractivity contribution < 1.29 is 4.74 Å². The zero-order chi connectivity index (χ0) is 16.7. The second-order valence-electron chi connectivity index (χ2n) is 5.54. The highest BCUT2D eigenvalue weighted by Gasteiger charge is 2.07. The standard InChI is InChI=1S/C17H23ClN4O/c1-4-9-23-16-6-5-14(10-15(16)18)11-19-8-7-17-21-20-12-22(17)13(2)3/h4-6,10,12-13,19H,1,7-9,11H2,2-3H3. The summed E-state index contributed by atoms with van der Waals surface area (Å²) in [7, 11) is 0. The minimum atomic E-state index is 0.377. The van der Waals surface area contributed by atoms with Gasteiger partial charge in [0.25, 0.3) is 0 Å². The van der Waals surface area contributed by atoms with E-state index < -0.39 is 0 Å². The summed E-state index contributed by atoms with van der Waals surface area (Å²) >= 11 is 6.21. The average Bonchev–Trinajstić information content (AvgIpc) is 2.99. The summed E-state index contributed by atoms with van der Waals surface area (Å²) in [6.45, 7) is 9.90. The minimum absolute atomic E-state index is 0.377. The molecule has 0 saturated heterocycles. The highest BCUT2D eigenvalue weighted by molar-refractivity contribution is 6.32. The van der Waals surface area contributed by atoms with Gasteiger partial charge in [0.05, 0.1) is 5.02 Å². The van der Waals surface area contributed by atoms with Crippen molar-refractivity contribution in [1.82, 2.24) is 20.1 Å². The van der Waals surface area contributed by atoms with E-state index in [1.165, 1.54) is 0 Å². The van der Waals surface area contributed by atoms with Crippen LogP contribution in [-0.4, -0.2) is 27.9 Å². The van der Waals surface area contributed by atoms with Crippen LogP contribution in [0.15, 0.2) is 37.2 Å². The van der Waals surface area contributed by atoms with Crippen molar-refractivity contribution in [3.63, 3.8) is 0 Å². The molecule has 0 amide bonds. The molecule has 0 spiro atoms. The summed E-state index contributed by atoms with van der Waals surface area (Å²) in [4.78, 5) is 0. The van der Waals surface area contributed by atoms with E-state index in [-0.39, 0.29) is 0 Å². The van der Waals surface area contributed by atoms with E-state index in [9.17, 15) is 0 Å². The topological polar surface area (TPSA) is 52.0 Å². The summed E-state index contributed by atoms with van der Waals surface area (Å²) in [5, 5.41) is 12.2. The van der Waals surface area contributed by atoms with Crippen LogP contribution >= 0.6 is 11.6 Å². The van der Waals surface area contributed by atoms with Gasteiger partial charge in [0.15, 0.2) is 0 Å². The Morgan fingerprint density at radius 2 is 2.26 bits per heavy atom. The molecule has 0 radical (unpaired) electrons. The van der Waals surface area contributed by atoms with Crippen LogP contribution in [-0.2, 0) is 13.0 Å². The fraction of sp³-hybridized carbons (Fsp3) is 0.412. The first kappa shape index (κ1) is 17.5. The number of hydrogen-bond acceptors (Lipinski definition) is 4. The van der Waals surface area contributed by atoms with E-state index in [2.05, 4.69) is 40.5 Å². The smallest absolute Gasteiger partial charge is 0.138 e. The number of nitrogens with zero attached hydrogens (tertiary/aromatic N) is 3. The van der Waals surface area contributed by atoms with E-state index in [1.807, 2.05) is 18.2 Å². The van der Waals surface area contributed by atoms with Crippen LogP contribution in [0.2, 0.25) is 5.02 Å². The van der Waals surface area contributed by atoms with Gasteiger partial charge < -0.3 is 14.6 Å². The fourth-order valence-electron chi connectivity index (χ4n) is 2.23. The first-order chi connectivity index (χ1) is 11.1. The first-order valence-electron chi connectivity index (χ1n) is 7.73. The summed E-state index contributed by atoms with van der Waals surface area (Å²) in [5.74, 6) is 1.68. The number of benzene rings is 1. The number of ether oxygens (including phenoxy) is 1. The van der Waals surface area contributed by atoms with Crippen LogP contribution in [0.5, 0.6) is 5.75 Å². The van der Waals surface area contributed by atoms with E-state index in [1.54, 1.807) is 12.4 Å². The highest BCUT2D eigenvalue weighted by Crippen LogP contribution is 2.25. The molecule has 0 aliphatic heterocycles. The van der Waals surface area contributed by atoms with Crippen LogP contribution < -0.4 is 10.1 Å². The Bertz CT molecular complexity index is 639. The van der Waals surface area contributed by atoms with Gasteiger partial charge >= 0.3 is 0 Å². The van der Waals surface area contributed by atoms with Crippen LogP contribution in [0, 0.1) is 0 Å². The lowest BCUT2D eigenvalue weighted by Crippen LogP contribution is -2.19. The van der Waals surface area contributed by atoms with Crippen LogP contribution in [0.4, 0.5) is 0 Å². The third kappa shape index (κ3) is 5.08. The Kier molecular flexibility index (Phi) is 6.62. The van der Waals surface area contributed by atoms with Crippen LogP contribution in [0.25, 0.3) is 0 Å². The number of hydrogen-bond donors (Lipinski definition) is 1. The van der Waals surface area contributed by atoms with Crippen molar-refractivity contribution in [2.24, 2.45) is 0 Å². The summed E-state index contributed by atoms with van der Waals surface area (Å²) in [6.07, 6.45) is 4.32. The maximum atomic E-state index is 6.21. The van der Waals surface area contributed by atoms with Crippen molar-refractivity contribution in [3.8, 4) is 5.75 Å². The van der Waals surface area contributed by atoms with E-state index in [4.69, 9.17) is 16.3 Å². The summed E-state index contributed by atoms with van der Waals surface area (Å²) < 4.78 is 7.55. The van der Waals surface area contributed by atoms with Gasteiger partial charge in [-0.1, -0.05) is 30.3 Å². The monoisotopic (exact) mass is 334 g/mol. The molecule has 2 aromatic rings. The Morgan fingerprint density at radius 3 is 2.96 bits per heavy atom. The molecule has 0 saturated carbocycles. The van der Waals surface area contributed by atoms with Crippen molar-refractivity contribution in [1.29, 1.82) is 0 Å². The largest absolute Gasteiger partial charge is 0.488 e. The predicted molar refractivity (Wildman–Crippen MR) is 93.0 cm³/mol. The fourth-order valence-corrected chi connectivity index (χ4v) is 2.49. The second-order valence-corrected chi connectivity index (χ2v) is 5.95. The maximum Gasteiger partial charge on any atom is 0.138 e. The molecule has 5 nitrogen and oxygen atoms in total. The molecule has 0 atom stereocenters. The third-order valence-corrected chi connectivity index (χ3v) is 3.71. The predicted octanol–water partition coefficient (Wildman–Crippen LogP) is 3.41. The minimum Gasteiger partial charge on any atom is -0.488 e. The molecule has 2 rings (SSSR count). The number of halogens is 1. The third-order valence-electron chi connectivity index (χ3n) is 3.41. The van der Waals surface area contributed by atoms with Gasteiger partial charge in [0.1, 0.15) is 24.5 Å². The number of nitrogens with one attached hydrogen (secondary N) is 1. The zero-order valence-corrected chi connectivity index (χ0v) is 14.4. The molecule has 6 heteroatoms. The Balaban J connectivity index is 1.81. The van der Waals surface area contributed by atoms with Gasteiger partial charge in [-0.3, -0.25) is 0 Å². The van der Waals surface area contributed by atoms with E-state index in [0.29, 0.717) is 23.4 Å². The van der Waals surface area contributed by atoms with E-state index in [0.717, 1.165) is 30.9 Å². The molecular formula is C17H23ClN4O. The summed E-state index contributed by atoms with van der Waals surface area (Å²) in [6, 6.07) is 6.19. The van der Waals surface area contributed by atoms with Gasteiger partial charge in [0.2, 0.25) is 0 Å². The molecule has 1 aromatic carbocycles. The van der Waals surface area contributed by atoms with Crippen LogP contribution in [0.3, 0.4) is 0 Å². The Hall–Kier alpha value is -1.85. The molecule has 1 aromatic heterocycles.